The van der Waals surface area contributed by atoms with E-state index in [0.717, 1.165) is 37.8 Å². The van der Waals surface area contributed by atoms with E-state index >= 15 is 0 Å². The highest BCUT2D eigenvalue weighted by Crippen LogP contribution is 2.38. The zero-order valence-electron chi connectivity index (χ0n) is 14.2. The minimum Gasteiger partial charge on any atom is -0.376 e. The Morgan fingerprint density at radius 1 is 1.12 bits per heavy atom. The van der Waals surface area contributed by atoms with Crippen LogP contribution < -0.4 is 10.6 Å². The molecule has 1 aromatic rings. The molecule has 4 rings (SSSR count). The van der Waals surface area contributed by atoms with Gasteiger partial charge in [-0.25, -0.2) is 4.99 Å². The van der Waals surface area contributed by atoms with Gasteiger partial charge >= 0.3 is 0 Å². The number of hydrogen-bond donors (Lipinski definition) is 2. The van der Waals surface area contributed by atoms with E-state index < -0.39 is 0 Å². The molecule has 1 aliphatic heterocycles. The van der Waals surface area contributed by atoms with Crippen molar-refractivity contribution in [2.45, 2.75) is 76.0 Å². The maximum absolute atomic E-state index is 5.69. The van der Waals surface area contributed by atoms with Crippen LogP contribution in [0.5, 0.6) is 0 Å². The Morgan fingerprint density at radius 3 is 2.75 bits per heavy atom. The molecule has 7 heteroatoms. The molecule has 2 heterocycles. The highest BCUT2D eigenvalue weighted by molar-refractivity contribution is 5.80. The van der Waals surface area contributed by atoms with Crippen LogP contribution in [0.1, 0.15) is 69.0 Å². The van der Waals surface area contributed by atoms with Crippen LogP contribution in [-0.4, -0.2) is 41.4 Å². The molecule has 3 aliphatic rings. The summed E-state index contributed by atoms with van der Waals surface area (Å²) in [6.45, 7) is 2.10. The van der Waals surface area contributed by atoms with Gasteiger partial charge < -0.3 is 19.9 Å². The fraction of sp³-hybridized carbons (Fsp3) is 0.824. The molecule has 1 unspecified atom stereocenters. The smallest absolute Gasteiger partial charge is 0.248 e. The van der Waals surface area contributed by atoms with Crippen molar-refractivity contribution < 1.29 is 9.26 Å². The number of aliphatic imine (C=N–C) groups is 1. The molecular weight excluding hydrogens is 306 g/mol. The third-order valence-electron chi connectivity index (χ3n) is 5.02. The molecule has 24 heavy (non-hydrogen) atoms. The normalized spacial score (nSPS) is 25.3. The van der Waals surface area contributed by atoms with Crippen LogP contribution >= 0.6 is 0 Å². The number of aromatic nitrogens is 2. The number of ether oxygens (including phenoxy) is 1. The number of nitrogens with zero attached hydrogens (tertiary/aromatic N) is 3. The number of hydrogen-bond acceptors (Lipinski definition) is 5. The molecule has 3 fully saturated rings. The molecule has 0 radical (unpaired) electrons. The Hall–Kier alpha value is -1.63. The molecule has 0 bridgehead atoms. The molecule has 1 saturated heterocycles. The van der Waals surface area contributed by atoms with E-state index in [1.165, 1.54) is 38.5 Å². The first-order chi connectivity index (χ1) is 11.9. The van der Waals surface area contributed by atoms with Crippen molar-refractivity contribution in [3.8, 4) is 0 Å². The van der Waals surface area contributed by atoms with Crippen LogP contribution in [0.15, 0.2) is 9.52 Å². The van der Waals surface area contributed by atoms with E-state index in [0.29, 0.717) is 30.5 Å². The van der Waals surface area contributed by atoms with Crippen molar-refractivity contribution in [1.29, 1.82) is 0 Å². The molecule has 1 atom stereocenters. The number of rotatable bonds is 6. The molecule has 0 amide bonds. The van der Waals surface area contributed by atoms with E-state index in [1.807, 2.05) is 0 Å². The Labute approximate surface area is 142 Å². The topological polar surface area (TPSA) is 84.6 Å². The van der Waals surface area contributed by atoms with E-state index in [1.54, 1.807) is 0 Å². The summed E-state index contributed by atoms with van der Waals surface area (Å²) < 4.78 is 11.0. The van der Waals surface area contributed by atoms with Crippen molar-refractivity contribution >= 4 is 5.96 Å². The second-order valence-electron chi connectivity index (χ2n) is 7.13. The SMILES string of the molecule is C1CCC(NC(=NCc2nc(C3CC3)no2)NCC2CCCO2)C1. The lowest BCUT2D eigenvalue weighted by atomic mass is 10.2. The first-order valence-corrected chi connectivity index (χ1v) is 9.36. The van der Waals surface area contributed by atoms with Crippen LogP contribution in [0.4, 0.5) is 0 Å². The molecule has 0 spiro atoms. The van der Waals surface area contributed by atoms with Gasteiger partial charge in [-0.1, -0.05) is 18.0 Å². The van der Waals surface area contributed by atoms with E-state index in [2.05, 4.69) is 25.8 Å². The summed E-state index contributed by atoms with van der Waals surface area (Å²) in [7, 11) is 0. The van der Waals surface area contributed by atoms with Crippen molar-refractivity contribution in [3.63, 3.8) is 0 Å². The third kappa shape index (κ3) is 4.26. The van der Waals surface area contributed by atoms with Crippen molar-refractivity contribution in [2.24, 2.45) is 4.99 Å². The fourth-order valence-electron chi connectivity index (χ4n) is 3.42. The Kier molecular flexibility index (Phi) is 4.96. The maximum Gasteiger partial charge on any atom is 0.248 e. The van der Waals surface area contributed by atoms with Gasteiger partial charge in [-0.05, 0) is 38.5 Å². The van der Waals surface area contributed by atoms with Gasteiger partial charge in [-0.3, -0.25) is 0 Å². The summed E-state index contributed by atoms with van der Waals surface area (Å²) in [5, 5.41) is 11.0. The van der Waals surface area contributed by atoms with Gasteiger partial charge in [-0.15, -0.1) is 0 Å². The fourth-order valence-corrected chi connectivity index (χ4v) is 3.42. The Balaban J connectivity index is 1.34. The quantitative estimate of drug-likeness (QED) is 0.613. The second kappa shape index (κ2) is 7.51. The van der Waals surface area contributed by atoms with Crippen LogP contribution in [0.2, 0.25) is 0 Å². The van der Waals surface area contributed by atoms with Crippen molar-refractivity contribution in [2.75, 3.05) is 13.2 Å². The summed E-state index contributed by atoms with van der Waals surface area (Å²) in [4.78, 5) is 9.10. The average Bonchev–Trinajstić information content (AvgIpc) is 3.04. The summed E-state index contributed by atoms with van der Waals surface area (Å²) >= 11 is 0. The summed E-state index contributed by atoms with van der Waals surface area (Å²) in [6, 6.07) is 0.519. The lowest BCUT2D eigenvalue weighted by Crippen LogP contribution is -2.45. The van der Waals surface area contributed by atoms with E-state index in [4.69, 9.17) is 9.26 Å². The molecule has 2 saturated carbocycles. The first-order valence-electron chi connectivity index (χ1n) is 9.36. The number of guanidine groups is 1. The molecule has 2 N–H and O–H groups in total. The van der Waals surface area contributed by atoms with Gasteiger partial charge in [0.25, 0.3) is 0 Å². The standard InChI is InChI=1S/C17H27N5O2/c1-2-5-13(4-1)20-17(18-10-14-6-3-9-23-14)19-11-15-21-16(22-24-15)12-7-8-12/h12-14H,1-11H2,(H2,18,19,20). The maximum atomic E-state index is 5.69. The number of nitrogens with one attached hydrogen (secondary N) is 2. The summed E-state index contributed by atoms with van der Waals surface area (Å²) in [5.41, 5.74) is 0. The largest absolute Gasteiger partial charge is 0.376 e. The minimum absolute atomic E-state index is 0.297. The monoisotopic (exact) mass is 333 g/mol. The van der Waals surface area contributed by atoms with E-state index in [-0.39, 0.29) is 0 Å². The Bertz CT molecular complexity index is 557. The zero-order chi connectivity index (χ0) is 16.2. The lowest BCUT2D eigenvalue weighted by molar-refractivity contribution is 0.113. The lowest BCUT2D eigenvalue weighted by Gasteiger charge is -2.19. The predicted molar refractivity (Wildman–Crippen MR) is 89.8 cm³/mol. The van der Waals surface area contributed by atoms with Gasteiger partial charge in [-0.2, -0.15) is 4.98 Å². The van der Waals surface area contributed by atoms with Crippen molar-refractivity contribution in [3.05, 3.63) is 11.7 Å². The molecule has 132 valence electrons. The first kappa shape index (κ1) is 15.9. The van der Waals surface area contributed by atoms with Gasteiger partial charge in [0.05, 0.1) is 6.10 Å². The zero-order valence-corrected chi connectivity index (χ0v) is 14.2. The second-order valence-corrected chi connectivity index (χ2v) is 7.13. The van der Waals surface area contributed by atoms with Gasteiger partial charge in [0.1, 0.15) is 6.54 Å². The van der Waals surface area contributed by atoms with Gasteiger partial charge in [0, 0.05) is 25.1 Å². The van der Waals surface area contributed by atoms with Crippen LogP contribution in [-0.2, 0) is 11.3 Å². The van der Waals surface area contributed by atoms with Crippen molar-refractivity contribution in [1.82, 2.24) is 20.8 Å². The highest BCUT2D eigenvalue weighted by Gasteiger charge is 2.28. The molecular formula is C17H27N5O2. The predicted octanol–water partition coefficient (Wildman–Crippen LogP) is 2.10. The molecule has 7 nitrogen and oxygen atoms in total. The molecule has 1 aromatic heterocycles. The minimum atomic E-state index is 0.297. The highest BCUT2D eigenvalue weighted by atomic mass is 16.5. The van der Waals surface area contributed by atoms with E-state index in [9.17, 15) is 0 Å². The Morgan fingerprint density at radius 2 is 2.00 bits per heavy atom. The third-order valence-corrected chi connectivity index (χ3v) is 5.02. The summed E-state index contributed by atoms with van der Waals surface area (Å²) in [5.74, 6) is 2.79. The molecule has 2 aliphatic carbocycles. The van der Waals surface area contributed by atoms with Gasteiger partial charge in [0.2, 0.25) is 5.89 Å². The van der Waals surface area contributed by atoms with Crippen LogP contribution in [0, 0.1) is 0 Å². The van der Waals surface area contributed by atoms with Crippen LogP contribution in [0.25, 0.3) is 0 Å². The molecule has 0 aromatic carbocycles. The van der Waals surface area contributed by atoms with Gasteiger partial charge in [0.15, 0.2) is 11.8 Å². The summed E-state index contributed by atoms with van der Waals surface area (Å²) in [6.07, 6.45) is 9.96. The average molecular weight is 333 g/mol. The van der Waals surface area contributed by atoms with Crippen LogP contribution in [0.3, 0.4) is 0 Å².